The van der Waals surface area contributed by atoms with E-state index < -0.39 is 11.7 Å². The predicted octanol–water partition coefficient (Wildman–Crippen LogP) is 4.91. The number of alkyl halides is 3. The van der Waals surface area contributed by atoms with Crippen LogP contribution in [0.25, 0.3) is 0 Å². The van der Waals surface area contributed by atoms with E-state index in [1.54, 1.807) is 18.2 Å². The van der Waals surface area contributed by atoms with Gasteiger partial charge in [0.25, 0.3) is 0 Å². The Kier molecular flexibility index (Phi) is 4.53. The van der Waals surface area contributed by atoms with E-state index in [1.165, 1.54) is 18.2 Å². The van der Waals surface area contributed by atoms with Crippen LogP contribution < -0.4 is 10.5 Å². The van der Waals surface area contributed by atoms with Crippen molar-refractivity contribution in [1.82, 2.24) is 0 Å². The summed E-state index contributed by atoms with van der Waals surface area (Å²) < 4.78 is 44.1. The van der Waals surface area contributed by atoms with Gasteiger partial charge in [0.15, 0.2) is 0 Å². The van der Waals surface area contributed by atoms with Crippen molar-refractivity contribution in [2.75, 3.05) is 0 Å². The van der Waals surface area contributed by atoms with Gasteiger partial charge >= 0.3 is 6.18 Å². The average Bonchev–Trinajstić information content (AvgIpc) is 2.46. The van der Waals surface area contributed by atoms with E-state index in [4.69, 9.17) is 10.5 Å². The van der Waals surface area contributed by atoms with Gasteiger partial charge in [0.2, 0.25) is 0 Å². The molecule has 1 atom stereocenters. The lowest BCUT2D eigenvalue weighted by molar-refractivity contribution is -0.138. The summed E-state index contributed by atoms with van der Waals surface area (Å²) in [6.45, 7) is 1.94. The van der Waals surface area contributed by atoms with Crippen LogP contribution in [0.1, 0.15) is 30.5 Å². The summed E-state index contributed by atoms with van der Waals surface area (Å²) in [5.41, 5.74) is 5.96. The van der Waals surface area contributed by atoms with Crippen molar-refractivity contribution in [3.05, 3.63) is 59.7 Å². The largest absolute Gasteiger partial charge is 0.457 e. The lowest BCUT2D eigenvalue weighted by Crippen LogP contribution is -2.09. The van der Waals surface area contributed by atoms with E-state index in [1.807, 2.05) is 13.0 Å². The molecule has 0 fully saturated rings. The molecule has 0 saturated carbocycles. The Balaban J connectivity index is 2.31. The van der Waals surface area contributed by atoms with Crippen LogP contribution in [0, 0.1) is 0 Å². The number of ether oxygens (including phenoxy) is 1. The first-order chi connectivity index (χ1) is 9.91. The van der Waals surface area contributed by atoms with E-state index in [2.05, 4.69) is 0 Å². The molecule has 1 unspecified atom stereocenters. The molecule has 0 aliphatic carbocycles. The van der Waals surface area contributed by atoms with Crippen molar-refractivity contribution in [3.8, 4) is 11.5 Å². The van der Waals surface area contributed by atoms with Gasteiger partial charge in [-0.1, -0.05) is 31.2 Å². The van der Waals surface area contributed by atoms with Crippen LogP contribution in [0.5, 0.6) is 11.5 Å². The molecule has 0 spiro atoms. The molecule has 2 aromatic rings. The maximum Gasteiger partial charge on any atom is 0.419 e. The first-order valence-electron chi connectivity index (χ1n) is 6.61. The average molecular weight is 295 g/mol. The van der Waals surface area contributed by atoms with Gasteiger partial charge in [-0.05, 0) is 36.2 Å². The highest BCUT2D eigenvalue weighted by Crippen LogP contribution is 2.38. The van der Waals surface area contributed by atoms with Crippen molar-refractivity contribution >= 4 is 0 Å². The quantitative estimate of drug-likeness (QED) is 0.870. The standard InChI is InChI=1S/C16H16F3NO/c1-2-14(20)11-6-5-7-12(10-11)21-15-9-4-3-8-13(15)16(17,18)19/h3-10,14H,2,20H2,1H3. The van der Waals surface area contributed by atoms with E-state index in [0.717, 1.165) is 18.1 Å². The maximum atomic E-state index is 12.9. The SMILES string of the molecule is CCC(N)c1cccc(Oc2ccccc2C(F)(F)F)c1. The molecule has 0 aliphatic heterocycles. The molecule has 0 aromatic heterocycles. The third-order valence-corrected chi connectivity index (χ3v) is 3.15. The molecule has 2 nitrogen and oxygen atoms in total. The molecule has 5 heteroatoms. The minimum absolute atomic E-state index is 0.161. The Morgan fingerprint density at radius 2 is 1.81 bits per heavy atom. The molecule has 2 rings (SSSR count). The molecular weight excluding hydrogens is 279 g/mol. The molecule has 21 heavy (non-hydrogen) atoms. The van der Waals surface area contributed by atoms with Crippen LogP contribution in [0.2, 0.25) is 0 Å². The maximum absolute atomic E-state index is 12.9. The Hall–Kier alpha value is -2.01. The number of benzene rings is 2. The summed E-state index contributed by atoms with van der Waals surface area (Å²) in [5.74, 6) is 0.125. The van der Waals surface area contributed by atoms with Gasteiger partial charge in [-0.15, -0.1) is 0 Å². The zero-order valence-electron chi connectivity index (χ0n) is 11.5. The van der Waals surface area contributed by atoms with Crippen molar-refractivity contribution in [2.45, 2.75) is 25.6 Å². The fourth-order valence-corrected chi connectivity index (χ4v) is 1.96. The summed E-state index contributed by atoms with van der Waals surface area (Å²) >= 11 is 0. The van der Waals surface area contributed by atoms with E-state index in [0.29, 0.717) is 5.75 Å². The van der Waals surface area contributed by atoms with Crippen LogP contribution in [0.4, 0.5) is 13.2 Å². The molecular formula is C16H16F3NO. The number of nitrogens with two attached hydrogens (primary N) is 1. The zero-order chi connectivity index (χ0) is 15.5. The monoisotopic (exact) mass is 295 g/mol. The predicted molar refractivity (Wildman–Crippen MR) is 75.2 cm³/mol. The van der Waals surface area contributed by atoms with E-state index in [-0.39, 0.29) is 11.8 Å². The summed E-state index contributed by atoms with van der Waals surface area (Å²) in [7, 11) is 0. The number of hydrogen-bond acceptors (Lipinski definition) is 2. The fourth-order valence-electron chi connectivity index (χ4n) is 1.96. The second-order valence-corrected chi connectivity index (χ2v) is 4.68. The minimum Gasteiger partial charge on any atom is -0.457 e. The summed E-state index contributed by atoms with van der Waals surface area (Å²) in [5, 5.41) is 0. The van der Waals surface area contributed by atoms with Crippen LogP contribution in [-0.4, -0.2) is 0 Å². The molecule has 0 bridgehead atoms. The van der Waals surface area contributed by atoms with Crippen molar-refractivity contribution in [2.24, 2.45) is 5.73 Å². The van der Waals surface area contributed by atoms with Gasteiger partial charge in [0.1, 0.15) is 11.5 Å². The lowest BCUT2D eigenvalue weighted by Gasteiger charge is -2.15. The Morgan fingerprint density at radius 3 is 2.48 bits per heavy atom. The minimum atomic E-state index is -4.45. The third kappa shape index (κ3) is 3.76. The number of hydrogen-bond donors (Lipinski definition) is 1. The number of para-hydroxylation sites is 1. The van der Waals surface area contributed by atoms with Crippen molar-refractivity contribution < 1.29 is 17.9 Å². The zero-order valence-corrected chi connectivity index (χ0v) is 11.5. The van der Waals surface area contributed by atoms with Gasteiger partial charge in [0.05, 0.1) is 5.56 Å². The fraction of sp³-hybridized carbons (Fsp3) is 0.250. The summed E-state index contributed by atoms with van der Waals surface area (Å²) in [4.78, 5) is 0. The van der Waals surface area contributed by atoms with Crippen LogP contribution in [-0.2, 0) is 6.18 Å². The van der Waals surface area contributed by atoms with Crippen LogP contribution in [0.15, 0.2) is 48.5 Å². The van der Waals surface area contributed by atoms with Gasteiger partial charge in [0, 0.05) is 6.04 Å². The van der Waals surface area contributed by atoms with Crippen molar-refractivity contribution in [3.63, 3.8) is 0 Å². The topological polar surface area (TPSA) is 35.2 Å². The summed E-state index contributed by atoms with van der Waals surface area (Å²) in [6, 6.07) is 11.8. The first kappa shape index (κ1) is 15.4. The van der Waals surface area contributed by atoms with E-state index in [9.17, 15) is 13.2 Å². The Labute approximate surface area is 121 Å². The van der Waals surface area contributed by atoms with E-state index >= 15 is 0 Å². The van der Waals surface area contributed by atoms with Crippen LogP contribution >= 0.6 is 0 Å². The highest BCUT2D eigenvalue weighted by atomic mass is 19.4. The third-order valence-electron chi connectivity index (χ3n) is 3.15. The van der Waals surface area contributed by atoms with Gasteiger partial charge in [-0.2, -0.15) is 13.2 Å². The smallest absolute Gasteiger partial charge is 0.419 e. The Morgan fingerprint density at radius 1 is 1.10 bits per heavy atom. The van der Waals surface area contributed by atoms with Crippen molar-refractivity contribution in [1.29, 1.82) is 0 Å². The molecule has 0 heterocycles. The molecule has 0 aliphatic rings. The molecule has 0 amide bonds. The van der Waals surface area contributed by atoms with Gasteiger partial charge in [-0.25, -0.2) is 0 Å². The number of rotatable bonds is 4. The highest BCUT2D eigenvalue weighted by Gasteiger charge is 2.34. The normalized spacial score (nSPS) is 13.0. The number of halogens is 3. The highest BCUT2D eigenvalue weighted by molar-refractivity contribution is 5.40. The van der Waals surface area contributed by atoms with Crippen LogP contribution in [0.3, 0.4) is 0 Å². The van der Waals surface area contributed by atoms with Gasteiger partial charge < -0.3 is 10.5 Å². The second kappa shape index (κ2) is 6.18. The Bertz CT molecular complexity index is 610. The lowest BCUT2D eigenvalue weighted by atomic mass is 10.1. The molecule has 0 radical (unpaired) electrons. The summed E-state index contributed by atoms with van der Waals surface area (Å²) in [6.07, 6.45) is -3.71. The molecule has 2 aromatic carbocycles. The molecule has 112 valence electrons. The molecule has 0 saturated heterocycles. The second-order valence-electron chi connectivity index (χ2n) is 4.68. The van der Waals surface area contributed by atoms with Gasteiger partial charge in [-0.3, -0.25) is 0 Å². The first-order valence-corrected chi connectivity index (χ1v) is 6.61. The molecule has 2 N–H and O–H groups in total.